The lowest BCUT2D eigenvalue weighted by Gasteiger charge is -2.26. The molecule has 2 nitrogen and oxygen atoms in total. The van der Waals surface area contributed by atoms with E-state index in [2.05, 4.69) is 25.7 Å². The second-order valence-electron chi connectivity index (χ2n) is 5.12. The zero-order valence-corrected chi connectivity index (χ0v) is 11.6. The maximum Gasteiger partial charge on any atom is 0.0590 e. The first-order valence-electron chi connectivity index (χ1n) is 7.25. The smallest absolute Gasteiger partial charge is 0.0590 e. The Bertz CT molecular complexity index is 205. The molecule has 0 bridgehead atoms. The van der Waals surface area contributed by atoms with Crippen molar-refractivity contribution in [3.8, 4) is 0 Å². The molecule has 2 heteroatoms. The fraction of sp³-hybridized carbons (Fsp3) is 0.867. The monoisotopic (exact) mass is 239 g/mol. The minimum Gasteiger partial charge on any atom is -0.378 e. The summed E-state index contributed by atoms with van der Waals surface area (Å²) in [6, 6.07) is 0.654. The van der Waals surface area contributed by atoms with Crippen LogP contribution in [-0.2, 0) is 4.74 Å². The van der Waals surface area contributed by atoms with E-state index in [-0.39, 0.29) is 0 Å². The van der Waals surface area contributed by atoms with Gasteiger partial charge in [-0.3, -0.25) is 0 Å². The van der Waals surface area contributed by atoms with Gasteiger partial charge in [-0.15, -0.1) is 6.58 Å². The van der Waals surface area contributed by atoms with Gasteiger partial charge in [-0.2, -0.15) is 0 Å². The first-order chi connectivity index (χ1) is 8.29. The van der Waals surface area contributed by atoms with Crippen LogP contribution in [0.1, 0.15) is 52.4 Å². The van der Waals surface area contributed by atoms with Crippen molar-refractivity contribution in [1.29, 1.82) is 0 Å². The van der Waals surface area contributed by atoms with E-state index in [1.165, 1.54) is 32.1 Å². The Kier molecular flexibility index (Phi) is 7.54. The van der Waals surface area contributed by atoms with Crippen molar-refractivity contribution in [1.82, 2.24) is 5.32 Å². The highest BCUT2D eigenvalue weighted by atomic mass is 16.5. The average molecular weight is 239 g/mol. The molecule has 1 aliphatic heterocycles. The van der Waals surface area contributed by atoms with Crippen LogP contribution in [0.15, 0.2) is 12.7 Å². The van der Waals surface area contributed by atoms with Crippen molar-refractivity contribution in [2.24, 2.45) is 5.92 Å². The molecule has 1 rings (SSSR count). The summed E-state index contributed by atoms with van der Waals surface area (Å²) < 4.78 is 5.68. The number of allylic oxidation sites excluding steroid dienone is 1. The van der Waals surface area contributed by atoms with E-state index >= 15 is 0 Å². The normalized spacial score (nSPS) is 26.0. The Morgan fingerprint density at radius 1 is 1.41 bits per heavy atom. The van der Waals surface area contributed by atoms with Crippen LogP contribution < -0.4 is 5.32 Å². The molecule has 1 saturated heterocycles. The van der Waals surface area contributed by atoms with E-state index in [1.807, 2.05) is 6.08 Å². The third-order valence-electron chi connectivity index (χ3n) is 3.84. The Morgan fingerprint density at radius 2 is 2.24 bits per heavy atom. The van der Waals surface area contributed by atoms with Crippen LogP contribution in [0, 0.1) is 5.92 Å². The summed E-state index contributed by atoms with van der Waals surface area (Å²) >= 11 is 0. The molecule has 0 saturated carbocycles. The number of ether oxygens (including phenoxy) is 1. The van der Waals surface area contributed by atoms with Gasteiger partial charge in [0.1, 0.15) is 0 Å². The molecule has 0 aromatic carbocycles. The second kappa shape index (κ2) is 8.71. The van der Waals surface area contributed by atoms with Crippen LogP contribution in [0.3, 0.4) is 0 Å². The Balaban J connectivity index is 2.24. The summed E-state index contributed by atoms with van der Waals surface area (Å²) in [4.78, 5) is 0. The largest absolute Gasteiger partial charge is 0.378 e. The van der Waals surface area contributed by atoms with E-state index in [0.29, 0.717) is 18.1 Å². The predicted octanol–water partition coefficient (Wildman–Crippen LogP) is 3.53. The fourth-order valence-corrected chi connectivity index (χ4v) is 2.84. The minimum atomic E-state index is 0.437. The minimum absolute atomic E-state index is 0.437. The summed E-state index contributed by atoms with van der Waals surface area (Å²) in [5, 5.41) is 3.65. The number of unbranched alkanes of at least 4 members (excludes halogenated alkanes) is 3. The lowest BCUT2D eigenvalue weighted by molar-refractivity contribution is 0.0941. The maximum atomic E-state index is 5.68. The van der Waals surface area contributed by atoms with Crippen molar-refractivity contribution < 1.29 is 4.74 Å². The van der Waals surface area contributed by atoms with E-state index in [1.54, 1.807) is 0 Å². The molecule has 0 spiro atoms. The van der Waals surface area contributed by atoms with Crippen molar-refractivity contribution >= 4 is 0 Å². The zero-order valence-electron chi connectivity index (χ0n) is 11.6. The van der Waals surface area contributed by atoms with Crippen molar-refractivity contribution in [2.45, 2.75) is 64.5 Å². The third kappa shape index (κ3) is 5.22. The summed E-state index contributed by atoms with van der Waals surface area (Å²) in [6.07, 6.45) is 10.1. The topological polar surface area (TPSA) is 21.3 Å². The summed E-state index contributed by atoms with van der Waals surface area (Å²) in [5.74, 6) is 0.717. The molecule has 1 aliphatic rings. The van der Waals surface area contributed by atoms with Crippen molar-refractivity contribution in [3.63, 3.8) is 0 Å². The van der Waals surface area contributed by atoms with Gasteiger partial charge in [-0.25, -0.2) is 0 Å². The van der Waals surface area contributed by atoms with Crippen molar-refractivity contribution in [2.75, 3.05) is 13.2 Å². The fourth-order valence-electron chi connectivity index (χ4n) is 2.84. The second-order valence-corrected chi connectivity index (χ2v) is 5.12. The average Bonchev–Trinajstić information content (AvgIpc) is 2.74. The highest BCUT2D eigenvalue weighted by Crippen LogP contribution is 2.26. The predicted molar refractivity (Wildman–Crippen MR) is 74.3 cm³/mol. The Labute approximate surface area is 107 Å². The molecule has 1 N–H and O–H groups in total. The van der Waals surface area contributed by atoms with Gasteiger partial charge in [0.15, 0.2) is 0 Å². The third-order valence-corrected chi connectivity index (χ3v) is 3.84. The molecule has 1 heterocycles. The van der Waals surface area contributed by atoms with Crippen LogP contribution in [0.2, 0.25) is 0 Å². The highest BCUT2D eigenvalue weighted by molar-refractivity contribution is 4.84. The van der Waals surface area contributed by atoms with Gasteiger partial charge in [0, 0.05) is 18.6 Å². The molecule has 0 aromatic heterocycles. The number of nitrogens with one attached hydrogen (secondary N) is 1. The summed E-state index contributed by atoms with van der Waals surface area (Å²) in [6.45, 7) is 10.2. The number of rotatable bonds is 9. The van der Waals surface area contributed by atoms with Gasteiger partial charge in [-0.05, 0) is 39.2 Å². The Morgan fingerprint density at radius 3 is 2.82 bits per heavy atom. The van der Waals surface area contributed by atoms with Gasteiger partial charge in [0.05, 0.1) is 6.10 Å². The molecule has 1 fully saturated rings. The quantitative estimate of drug-likeness (QED) is 0.491. The molecular weight excluding hydrogens is 210 g/mol. The van der Waals surface area contributed by atoms with Crippen LogP contribution in [0.25, 0.3) is 0 Å². The molecule has 0 radical (unpaired) electrons. The van der Waals surface area contributed by atoms with Gasteiger partial charge in [0.2, 0.25) is 0 Å². The molecule has 0 amide bonds. The summed E-state index contributed by atoms with van der Waals surface area (Å²) in [7, 11) is 0. The zero-order chi connectivity index (χ0) is 12.5. The van der Waals surface area contributed by atoms with E-state index < -0.39 is 0 Å². The van der Waals surface area contributed by atoms with Crippen LogP contribution in [-0.4, -0.2) is 25.3 Å². The lowest BCUT2D eigenvalue weighted by atomic mass is 9.89. The van der Waals surface area contributed by atoms with E-state index in [0.717, 1.165) is 19.6 Å². The van der Waals surface area contributed by atoms with E-state index in [9.17, 15) is 0 Å². The molecule has 0 aromatic rings. The lowest BCUT2D eigenvalue weighted by Crippen LogP contribution is -2.39. The molecular formula is C15H29NO. The molecule has 100 valence electrons. The van der Waals surface area contributed by atoms with Crippen LogP contribution in [0.5, 0.6) is 0 Å². The van der Waals surface area contributed by atoms with Crippen LogP contribution >= 0.6 is 0 Å². The van der Waals surface area contributed by atoms with Gasteiger partial charge in [-0.1, -0.05) is 25.8 Å². The van der Waals surface area contributed by atoms with Crippen LogP contribution in [0.4, 0.5) is 0 Å². The molecule has 3 unspecified atom stereocenters. The molecule has 0 aliphatic carbocycles. The van der Waals surface area contributed by atoms with Crippen molar-refractivity contribution in [3.05, 3.63) is 12.7 Å². The van der Waals surface area contributed by atoms with Gasteiger partial charge in [0.25, 0.3) is 0 Å². The Hall–Kier alpha value is -0.340. The van der Waals surface area contributed by atoms with E-state index in [4.69, 9.17) is 4.74 Å². The number of hydrogen-bond acceptors (Lipinski definition) is 2. The first kappa shape index (κ1) is 14.7. The van der Waals surface area contributed by atoms with Gasteiger partial charge < -0.3 is 10.1 Å². The molecule has 17 heavy (non-hydrogen) atoms. The maximum absolute atomic E-state index is 5.68. The SMILES string of the molecule is C=CCCCCCC(NCC)C1CCOC1C. The van der Waals surface area contributed by atoms with Gasteiger partial charge >= 0.3 is 0 Å². The summed E-state index contributed by atoms with van der Waals surface area (Å²) in [5.41, 5.74) is 0. The highest BCUT2D eigenvalue weighted by Gasteiger charge is 2.30. The molecule has 3 atom stereocenters. The number of hydrogen-bond donors (Lipinski definition) is 1. The first-order valence-corrected chi connectivity index (χ1v) is 7.25. The standard InChI is InChI=1S/C15H29NO/c1-4-6-7-8-9-10-15(16-5-2)14-11-12-17-13(14)3/h4,13-16H,1,5-12H2,2-3H3.